The Morgan fingerprint density at radius 3 is 2.47 bits per heavy atom. The average molecular weight is 211 g/mol. The molecule has 0 aromatic carbocycles. The van der Waals surface area contributed by atoms with Gasteiger partial charge in [-0.15, -0.1) is 0 Å². The minimum Gasteiger partial charge on any atom is -0.480 e. The van der Waals surface area contributed by atoms with Gasteiger partial charge in [0.2, 0.25) is 5.91 Å². The fourth-order valence-corrected chi connectivity index (χ4v) is 3.06. The molecule has 0 heterocycles. The summed E-state index contributed by atoms with van der Waals surface area (Å²) in [6.07, 6.45) is 4.41. The molecule has 0 bridgehead atoms. The van der Waals surface area contributed by atoms with Gasteiger partial charge >= 0.3 is 5.97 Å². The zero-order valence-corrected chi connectivity index (χ0v) is 8.90. The highest BCUT2D eigenvalue weighted by Crippen LogP contribution is 2.59. The Morgan fingerprint density at radius 2 is 2.00 bits per heavy atom. The second-order valence-corrected chi connectivity index (χ2v) is 4.75. The van der Waals surface area contributed by atoms with Crippen LogP contribution in [0.3, 0.4) is 0 Å². The fraction of sp³-hybridized carbons (Fsp3) is 0.818. The van der Waals surface area contributed by atoms with Gasteiger partial charge in [0.15, 0.2) is 0 Å². The number of amides is 1. The number of fused-ring (bicyclic) bond motifs is 1. The monoisotopic (exact) mass is 211 g/mol. The quantitative estimate of drug-likeness (QED) is 0.729. The number of hydrogen-bond donors (Lipinski definition) is 2. The summed E-state index contributed by atoms with van der Waals surface area (Å²) in [4.78, 5) is 21.7. The fourth-order valence-electron chi connectivity index (χ4n) is 3.06. The number of aliphatic carboxylic acids is 1. The molecule has 2 aliphatic carbocycles. The normalized spacial score (nSPS) is 34.3. The molecular weight excluding hydrogens is 194 g/mol. The second kappa shape index (κ2) is 3.83. The standard InChI is InChI=1S/C11H17NO3/c1-6(13)12-10(11(14)15)5-9-7-3-2-4-8(7)9/h7-10H,2-5H2,1H3,(H,12,13)(H,14,15). The van der Waals surface area contributed by atoms with Crippen molar-refractivity contribution in [2.24, 2.45) is 17.8 Å². The molecule has 0 aromatic rings. The second-order valence-electron chi connectivity index (χ2n) is 4.75. The Hall–Kier alpha value is -1.06. The lowest BCUT2D eigenvalue weighted by molar-refractivity contribution is -0.141. The van der Waals surface area contributed by atoms with E-state index in [4.69, 9.17) is 5.11 Å². The van der Waals surface area contributed by atoms with E-state index in [1.54, 1.807) is 0 Å². The van der Waals surface area contributed by atoms with Crippen molar-refractivity contribution in [1.82, 2.24) is 5.32 Å². The van der Waals surface area contributed by atoms with Crippen molar-refractivity contribution in [2.75, 3.05) is 0 Å². The third-order valence-corrected chi connectivity index (χ3v) is 3.77. The van der Waals surface area contributed by atoms with Gasteiger partial charge in [-0.3, -0.25) is 4.79 Å². The molecule has 4 heteroatoms. The first-order valence-corrected chi connectivity index (χ1v) is 5.59. The van der Waals surface area contributed by atoms with Gasteiger partial charge in [0.05, 0.1) is 0 Å². The zero-order valence-electron chi connectivity index (χ0n) is 8.90. The van der Waals surface area contributed by atoms with Crippen LogP contribution in [-0.2, 0) is 9.59 Å². The highest BCUT2D eigenvalue weighted by Gasteiger charge is 2.53. The minimum absolute atomic E-state index is 0.256. The van der Waals surface area contributed by atoms with Gasteiger partial charge in [-0.05, 0) is 37.0 Å². The lowest BCUT2D eigenvalue weighted by atomic mass is 10.0. The lowest BCUT2D eigenvalue weighted by Gasteiger charge is -2.13. The molecule has 0 spiro atoms. The molecular formula is C11H17NO3. The van der Waals surface area contributed by atoms with Crippen molar-refractivity contribution in [2.45, 2.75) is 38.6 Å². The SMILES string of the molecule is CC(=O)NC(CC1C2CCCC21)C(=O)O. The molecule has 4 nitrogen and oxygen atoms in total. The van der Waals surface area contributed by atoms with E-state index >= 15 is 0 Å². The predicted molar refractivity (Wildman–Crippen MR) is 54.2 cm³/mol. The van der Waals surface area contributed by atoms with Crippen LogP contribution < -0.4 is 5.32 Å². The Balaban J connectivity index is 1.85. The first kappa shape index (κ1) is 10.5. The van der Waals surface area contributed by atoms with Crippen LogP contribution in [0, 0.1) is 17.8 Å². The van der Waals surface area contributed by atoms with Gasteiger partial charge in [-0.25, -0.2) is 4.79 Å². The van der Waals surface area contributed by atoms with E-state index < -0.39 is 12.0 Å². The Kier molecular flexibility index (Phi) is 2.67. The summed E-state index contributed by atoms with van der Waals surface area (Å²) in [5.41, 5.74) is 0. The molecule has 15 heavy (non-hydrogen) atoms. The number of nitrogens with one attached hydrogen (secondary N) is 1. The molecule has 2 saturated carbocycles. The summed E-state index contributed by atoms with van der Waals surface area (Å²) in [7, 11) is 0. The van der Waals surface area contributed by atoms with Crippen LogP contribution in [0.5, 0.6) is 0 Å². The Bertz CT molecular complexity index is 280. The van der Waals surface area contributed by atoms with E-state index in [2.05, 4.69) is 5.32 Å². The molecule has 0 aromatic heterocycles. The molecule has 2 fully saturated rings. The molecule has 1 amide bonds. The van der Waals surface area contributed by atoms with E-state index in [0.29, 0.717) is 12.3 Å². The van der Waals surface area contributed by atoms with Gasteiger partial charge in [0.25, 0.3) is 0 Å². The molecule has 0 saturated heterocycles. The molecule has 2 rings (SSSR count). The van der Waals surface area contributed by atoms with Crippen molar-refractivity contribution in [3.8, 4) is 0 Å². The number of carboxylic acids is 1. The summed E-state index contributed by atoms with van der Waals surface area (Å²) in [6, 6.07) is -0.682. The summed E-state index contributed by atoms with van der Waals surface area (Å²) in [6.45, 7) is 1.36. The Labute approximate surface area is 89.0 Å². The highest BCUT2D eigenvalue weighted by atomic mass is 16.4. The van der Waals surface area contributed by atoms with Crippen LogP contribution in [0.25, 0.3) is 0 Å². The maximum absolute atomic E-state index is 10.9. The third kappa shape index (κ3) is 2.13. The van der Waals surface area contributed by atoms with Crippen LogP contribution in [-0.4, -0.2) is 23.0 Å². The van der Waals surface area contributed by atoms with Crippen LogP contribution >= 0.6 is 0 Å². The van der Waals surface area contributed by atoms with Gasteiger partial charge in [0, 0.05) is 6.92 Å². The summed E-state index contributed by atoms with van der Waals surface area (Å²) in [5, 5.41) is 11.4. The Morgan fingerprint density at radius 1 is 1.40 bits per heavy atom. The number of carbonyl (C=O) groups excluding carboxylic acids is 1. The van der Waals surface area contributed by atoms with Crippen LogP contribution in [0.2, 0.25) is 0 Å². The predicted octanol–water partition coefficient (Wildman–Crippen LogP) is 1.01. The van der Waals surface area contributed by atoms with Gasteiger partial charge in [-0.1, -0.05) is 6.42 Å². The first-order valence-electron chi connectivity index (χ1n) is 5.59. The van der Waals surface area contributed by atoms with E-state index in [1.807, 2.05) is 0 Å². The van der Waals surface area contributed by atoms with Crippen LogP contribution in [0.1, 0.15) is 32.6 Å². The van der Waals surface area contributed by atoms with Gasteiger partial charge in [0.1, 0.15) is 6.04 Å². The minimum atomic E-state index is -0.907. The maximum Gasteiger partial charge on any atom is 0.326 e. The number of carboxylic acid groups (broad SMARTS) is 1. The van der Waals surface area contributed by atoms with Crippen LogP contribution in [0.4, 0.5) is 0 Å². The smallest absolute Gasteiger partial charge is 0.326 e. The molecule has 84 valence electrons. The summed E-state index contributed by atoms with van der Waals surface area (Å²) >= 11 is 0. The summed E-state index contributed by atoms with van der Waals surface area (Å²) in [5.74, 6) is 0.885. The average Bonchev–Trinajstić information content (AvgIpc) is 2.61. The molecule has 0 aliphatic heterocycles. The van der Waals surface area contributed by atoms with E-state index in [0.717, 1.165) is 11.8 Å². The van der Waals surface area contributed by atoms with E-state index in [1.165, 1.54) is 26.2 Å². The number of hydrogen-bond acceptors (Lipinski definition) is 2. The molecule has 2 N–H and O–H groups in total. The third-order valence-electron chi connectivity index (χ3n) is 3.77. The topological polar surface area (TPSA) is 66.4 Å². The van der Waals surface area contributed by atoms with Crippen molar-refractivity contribution < 1.29 is 14.7 Å². The van der Waals surface area contributed by atoms with Gasteiger partial charge in [-0.2, -0.15) is 0 Å². The lowest BCUT2D eigenvalue weighted by Crippen LogP contribution is -2.40. The molecule has 3 unspecified atom stereocenters. The largest absolute Gasteiger partial charge is 0.480 e. The van der Waals surface area contributed by atoms with Crippen molar-refractivity contribution in [3.63, 3.8) is 0 Å². The highest BCUT2D eigenvalue weighted by molar-refractivity contribution is 5.82. The van der Waals surface area contributed by atoms with Crippen molar-refractivity contribution in [1.29, 1.82) is 0 Å². The first-order chi connectivity index (χ1) is 7.09. The number of carbonyl (C=O) groups is 2. The number of rotatable bonds is 4. The van der Waals surface area contributed by atoms with E-state index in [-0.39, 0.29) is 5.91 Å². The summed E-state index contributed by atoms with van der Waals surface area (Å²) < 4.78 is 0. The zero-order chi connectivity index (χ0) is 11.0. The molecule has 2 aliphatic rings. The molecule has 0 radical (unpaired) electrons. The molecule has 3 atom stereocenters. The maximum atomic E-state index is 10.9. The van der Waals surface area contributed by atoms with Crippen molar-refractivity contribution >= 4 is 11.9 Å². The van der Waals surface area contributed by atoms with Crippen molar-refractivity contribution in [3.05, 3.63) is 0 Å². The van der Waals surface area contributed by atoms with Crippen LogP contribution in [0.15, 0.2) is 0 Å². The van der Waals surface area contributed by atoms with Gasteiger partial charge < -0.3 is 10.4 Å². The van der Waals surface area contributed by atoms with E-state index in [9.17, 15) is 9.59 Å².